The fourth-order valence-corrected chi connectivity index (χ4v) is 3.15. The van der Waals surface area contributed by atoms with Crippen LogP contribution in [0.15, 0.2) is 53.0 Å². The number of hydrogen-bond acceptors (Lipinski definition) is 2. The summed E-state index contributed by atoms with van der Waals surface area (Å²) in [7, 11) is 0. The number of fused-ring (bicyclic) bond motifs is 1. The van der Waals surface area contributed by atoms with Crippen molar-refractivity contribution in [2.75, 3.05) is 6.54 Å². The summed E-state index contributed by atoms with van der Waals surface area (Å²) in [4.78, 5) is 14.6. The number of benzene rings is 2. The highest BCUT2D eigenvalue weighted by Gasteiger charge is 2.19. The number of hydrogen-bond donors (Lipinski definition) is 0. The highest BCUT2D eigenvalue weighted by Crippen LogP contribution is 2.23. The SMILES string of the molecule is O=C(CCN1Cc2ccccc2C1)c1ccccc1Br. The van der Waals surface area contributed by atoms with Crippen molar-refractivity contribution in [3.63, 3.8) is 0 Å². The van der Waals surface area contributed by atoms with Gasteiger partial charge in [0.1, 0.15) is 0 Å². The summed E-state index contributed by atoms with van der Waals surface area (Å²) < 4.78 is 0.884. The van der Waals surface area contributed by atoms with E-state index in [9.17, 15) is 4.79 Å². The molecule has 1 aliphatic heterocycles. The van der Waals surface area contributed by atoms with E-state index in [2.05, 4.69) is 45.1 Å². The molecule has 0 N–H and O–H groups in total. The monoisotopic (exact) mass is 329 g/mol. The van der Waals surface area contributed by atoms with Gasteiger partial charge < -0.3 is 0 Å². The number of Topliss-reactive ketones (excluding diaryl/α,β-unsaturated/α-hetero) is 1. The maximum Gasteiger partial charge on any atom is 0.165 e. The Morgan fingerprint density at radius 2 is 1.60 bits per heavy atom. The molecule has 1 aliphatic rings. The van der Waals surface area contributed by atoms with Crippen molar-refractivity contribution < 1.29 is 4.79 Å². The zero-order valence-corrected chi connectivity index (χ0v) is 12.8. The van der Waals surface area contributed by atoms with Crippen LogP contribution in [0.25, 0.3) is 0 Å². The third-order valence-corrected chi connectivity index (χ3v) is 4.43. The van der Waals surface area contributed by atoms with Crippen LogP contribution in [0, 0.1) is 0 Å². The first kappa shape index (κ1) is 13.5. The summed E-state index contributed by atoms with van der Waals surface area (Å²) in [6.07, 6.45) is 0.566. The normalized spacial score (nSPS) is 14.2. The van der Waals surface area contributed by atoms with Gasteiger partial charge in [0, 0.05) is 36.1 Å². The standard InChI is InChI=1S/C17H16BrNO/c18-16-8-4-3-7-15(16)17(20)9-10-19-11-13-5-1-2-6-14(13)12-19/h1-8H,9-12H2. The van der Waals surface area contributed by atoms with Gasteiger partial charge in [-0.25, -0.2) is 0 Å². The molecular weight excluding hydrogens is 314 g/mol. The number of carbonyl (C=O) groups is 1. The maximum absolute atomic E-state index is 12.2. The molecule has 0 radical (unpaired) electrons. The molecule has 1 heterocycles. The van der Waals surface area contributed by atoms with E-state index in [1.807, 2.05) is 24.3 Å². The van der Waals surface area contributed by atoms with E-state index >= 15 is 0 Å². The molecule has 0 aliphatic carbocycles. The second-order valence-electron chi connectivity index (χ2n) is 5.13. The van der Waals surface area contributed by atoms with Gasteiger partial charge in [-0.2, -0.15) is 0 Å². The summed E-state index contributed by atoms with van der Waals surface area (Å²) in [5.41, 5.74) is 3.56. The fourth-order valence-electron chi connectivity index (χ4n) is 2.64. The molecule has 2 aromatic carbocycles. The van der Waals surface area contributed by atoms with Crippen molar-refractivity contribution in [1.82, 2.24) is 4.90 Å². The summed E-state index contributed by atoms with van der Waals surface area (Å²) in [5.74, 6) is 0.202. The minimum atomic E-state index is 0.202. The highest BCUT2D eigenvalue weighted by atomic mass is 79.9. The Morgan fingerprint density at radius 3 is 2.25 bits per heavy atom. The van der Waals surface area contributed by atoms with E-state index in [4.69, 9.17) is 0 Å². The third kappa shape index (κ3) is 2.84. The van der Waals surface area contributed by atoms with E-state index < -0.39 is 0 Å². The molecule has 102 valence electrons. The van der Waals surface area contributed by atoms with Gasteiger partial charge in [-0.1, -0.05) is 58.4 Å². The van der Waals surface area contributed by atoms with Gasteiger partial charge in [0.05, 0.1) is 0 Å². The molecule has 0 atom stereocenters. The largest absolute Gasteiger partial charge is 0.294 e. The fraction of sp³-hybridized carbons (Fsp3) is 0.235. The molecule has 0 unspecified atom stereocenters. The van der Waals surface area contributed by atoms with E-state index in [1.165, 1.54) is 11.1 Å². The van der Waals surface area contributed by atoms with Crippen LogP contribution in [0.5, 0.6) is 0 Å². The topological polar surface area (TPSA) is 20.3 Å². The third-order valence-electron chi connectivity index (χ3n) is 3.74. The van der Waals surface area contributed by atoms with Crippen molar-refractivity contribution in [2.45, 2.75) is 19.5 Å². The Kier molecular flexibility index (Phi) is 3.99. The predicted octanol–water partition coefficient (Wildman–Crippen LogP) is 4.04. The Hall–Kier alpha value is -1.45. The number of nitrogens with zero attached hydrogens (tertiary/aromatic N) is 1. The first-order valence-corrected chi connectivity index (χ1v) is 7.60. The van der Waals surface area contributed by atoms with Gasteiger partial charge in [-0.3, -0.25) is 9.69 Å². The van der Waals surface area contributed by atoms with Crippen molar-refractivity contribution in [3.05, 3.63) is 69.7 Å². The second kappa shape index (κ2) is 5.90. The Labute approximate surface area is 127 Å². The van der Waals surface area contributed by atoms with Crippen molar-refractivity contribution in [2.24, 2.45) is 0 Å². The van der Waals surface area contributed by atoms with Gasteiger partial charge in [0.2, 0.25) is 0 Å². The quantitative estimate of drug-likeness (QED) is 0.789. The Bertz CT molecular complexity index is 613. The van der Waals surface area contributed by atoms with Gasteiger partial charge in [-0.15, -0.1) is 0 Å². The van der Waals surface area contributed by atoms with Gasteiger partial charge in [0.25, 0.3) is 0 Å². The summed E-state index contributed by atoms with van der Waals surface area (Å²) in [6, 6.07) is 16.1. The lowest BCUT2D eigenvalue weighted by atomic mass is 10.1. The molecule has 2 aromatic rings. The van der Waals surface area contributed by atoms with Gasteiger partial charge in [-0.05, 0) is 17.2 Å². The zero-order valence-electron chi connectivity index (χ0n) is 11.2. The first-order chi connectivity index (χ1) is 9.74. The predicted molar refractivity (Wildman–Crippen MR) is 83.6 cm³/mol. The Balaban J connectivity index is 1.59. The average molecular weight is 330 g/mol. The molecule has 0 saturated carbocycles. The molecule has 0 spiro atoms. The van der Waals surface area contributed by atoms with Gasteiger partial charge in [0.15, 0.2) is 5.78 Å². The summed E-state index contributed by atoms with van der Waals surface area (Å²) in [6.45, 7) is 2.73. The molecule has 3 heteroatoms. The smallest absolute Gasteiger partial charge is 0.165 e. The molecule has 0 fully saturated rings. The van der Waals surface area contributed by atoms with Crippen molar-refractivity contribution >= 4 is 21.7 Å². The lowest BCUT2D eigenvalue weighted by Gasteiger charge is -2.14. The molecule has 3 rings (SSSR count). The zero-order chi connectivity index (χ0) is 13.9. The van der Waals surface area contributed by atoms with Crippen LogP contribution in [-0.4, -0.2) is 17.2 Å². The Morgan fingerprint density at radius 1 is 1.00 bits per heavy atom. The number of carbonyl (C=O) groups excluding carboxylic acids is 1. The second-order valence-corrected chi connectivity index (χ2v) is 5.99. The molecule has 0 amide bonds. The van der Waals surface area contributed by atoms with Gasteiger partial charge >= 0.3 is 0 Å². The molecule has 0 saturated heterocycles. The molecule has 0 bridgehead atoms. The van der Waals surface area contributed by atoms with E-state index in [0.717, 1.165) is 29.7 Å². The molecule has 20 heavy (non-hydrogen) atoms. The summed E-state index contributed by atoms with van der Waals surface area (Å²) in [5, 5.41) is 0. The first-order valence-electron chi connectivity index (χ1n) is 6.81. The number of halogens is 1. The highest BCUT2D eigenvalue weighted by molar-refractivity contribution is 9.10. The van der Waals surface area contributed by atoms with E-state index in [-0.39, 0.29) is 5.78 Å². The van der Waals surface area contributed by atoms with Crippen LogP contribution >= 0.6 is 15.9 Å². The van der Waals surface area contributed by atoms with E-state index in [0.29, 0.717) is 6.42 Å². The lowest BCUT2D eigenvalue weighted by Crippen LogP contribution is -2.20. The van der Waals surface area contributed by atoms with Crippen molar-refractivity contribution in [1.29, 1.82) is 0 Å². The molecule has 2 nitrogen and oxygen atoms in total. The van der Waals surface area contributed by atoms with Crippen LogP contribution in [0.3, 0.4) is 0 Å². The van der Waals surface area contributed by atoms with Crippen LogP contribution < -0.4 is 0 Å². The van der Waals surface area contributed by atoms with Crippen molar-refractivity contribution in [3.8, 4) is 0 Å². The lowest BCUT2D eigenvalue weighted by molar-refractivity contribution is 0.0962. The van der Waals surface area contributed by atoms with Crippen LogP contribution in [0.4, 0.5) is 0 Å². The average Bonchev–Trinajstić information content (AvgIpc) is 2.88. The number of rotatable bonds is 4. The minimum absolute atomic E-state index is 0.202. The number of ketones is 1. The van der Waals surface area contributed by atoms with Crippen LogP contribution in [-0.2, 0) is 13.1 Å². The van der Waals surface area contributed by atoms with Crippen LogP contribution in [0.1, 0.15) is 27.9 Å². The van der Waals surface area contributed by atoms with E-state index in [1.54, 1.807) is 0 Å². The molecule has 0 aromatic heterocycles. The minimum Gasteiger partial charge on any atom is -0.294 e. The molecular formula is C17H16BrNO. The van der Waals surface area contributed by atoms with Crippen LogP contribution in [0.2, 0.25) is 0 Å². The summed E-state index contributed by atoms with van der Waals surface area (Å²) >= 11 is 3.44. The maximum atomic E-state index is 12.2.